The molecule has 1 atom stereocenters. The molecule has 0 bridgehead atoms. The van der Waals surface area contributed by atoms with Crippen LogP contribution in [0.15, 0.2) is 30.3 Å². The SMILES string of the molecule is CCCC[C@@H](CC)COC(=O)/C=C\c1ccc(OCCC(C)C)cc1. The Labute approximate surface area is 153 Å². The number of hydrogen-bond donors (Lipinski definition) is 0. The molecule has 0 aromatic heterocycles. The Hall–Kier alpha value is -1.77. The van der Waals surface area contributed by atoms with Gasteiger partial charge in [-0.25, -0.2) is 4.79 Å². The second kappa shape index (κ2) is 12.6. The van der Waals surface area contributed by atoms with Crippen molar-refractivity contribution in [2.24, 2.45) is 11.8 Å². The van der Waals surface area contributed by atoms with Gasteiger partial charge in [-0.3, -0.25) is 0 Å². The first-order valence-corrected chi connectivity index (χ1v) is 9.62. The normalized spacial score (nSPS) is 12.5. The van der Waals surface area contributed by atoms with Gasteiger partial charge in [0, 0.05) is 6.08 Å². The van der Waals surface area contributed by atoms with Gasteiger partial charge in [-0.15, -0.1) is 0 Å². The van der Waals surface area contributed by atoms with E-state index in [9.17, 15) is 4.79 Å². The second-order valence-corrected chi connectivity index (χ2v) is 6.98. The van der Waals surface area contributed by atoms with Crippen molar-refractivity contribution in [1.82, 2.24) is 0 Å². The van der Waals surface area contributed by atoms with E-state index < -0.39 is 0 Å². The molecule has 3 heteroatoms. The zero-order valence-corrected chi connectivity index (χ0v) is 16.3. The van der Waals surface area contributed by atoms with E-state index in [1.165, 1.54) is 18.9 Å². The van der Waals surface area contributed by atoms with Crippen LogP contribution in [0.5, 0.6) is 5.75 Å². The molecule has 0 N–H and O–H groups in total. The summed E-state index contributed by atoms with van der Waals surface area (Å²) in [6.45, 7) is 9.95. The maximum atomic E-state index is 11.8. The Balaban J connectivity index is 2.37. The van der Waals surface area contributed by atoms with Gasteiger partial charge in [0.1, 0.15) is 5.75 Å². The van der Waals surface area contributed by atoms with Crippen LogP contribution in [0, 0.1) is 11.8 Å². The molecule has 0 heterocycles. The lowest BCUT2D eigenvalue weighted by atomic mass is 10.0. The Morgan fingerprint density at radius 1 is 1.12 bits per heavy atom. The van der Waals surface area contributed by atoms with Crippen molar-refractivity contribution in [3.05, 3.63) is 35.9 Å². The molecule has 0 fully saturated rings. The summed E-state index contributed by atoms with van der Waals surface area (Å²) in [7, 11) is 0. The molecule has 0 amide bonds. The molecule has 1 rings (SSSR count). The fourth-order valence-corrected chi connectivity index (χ4v) is 2.40. The van der Waals surface area contributed by atoms with E-state index in [-0.39, 0.29) is 5.97 Å². The summed E-state index contributed by atoms with van der Waals surface area (Å²) >= 11 is 0. The van der Waals surface area contributed by atoms with Crippen LogP contribution in [0.2, 0.25) is 0 Å². The van der Waals surface area contributed by atoms with E-state index in [0.717, 1.165) is 37.2 Å². The molecule has 25 heavy (non-hydrogen) atoms. The van der Waals surface area contributed by atoms with Crippen molar-refractivity contribution in [2.75, 3.05) is 13.2 Å². The van der Waals surface area contributed by atoms with Crippen molar-refractivity contribution < 1.29 is 14.3 Å². The van der Waals surface area contributed by atoms with Gasteiger partial charge < -0.3 is 9.47 Å². The van der Waals surface area contributed by atoms with Crippen LogP contribution in [0.1, 0.15) is 65.4 Å². The highest BCUT2D eigenvalue weighted by atomic mass is 16.5. The quantitative estimate of drug-likeness (QED) is 0.350. The van der Waals surface area contributed by atoms with Crippen molar-refractivity contribution in [3.8, 4) is 5.75 Å². The molecule has 0 spiro atoms. The zero-order chi connectivity index (χ0) is 18.5. The first kappa shape index (κ1) is 21.3. The summed E-state index contributed by atoms with van der Waals surface area (Å²) in [5.74, 6) is 1.70. The summed E-state index contributed by atoms with van der Waals surface area (Å²) in [6.07, 6.45) is 8.88. The van der Waals surface area contributed by atoms with E-state index in [4.69, 9.17) is 9.47 Å². The second-order valence-electron chi connectivity index (χ2n) is 6.98. The van der Waals surface area contributed by atoms with Gasteiger partial charge in [0.25, 0.3) is 0 Å². The largest absolute Gasteiger partial charge is 0.494 e. The lowest BCUT2D eigenvalue weighted by molar-refractivity contribution is -0.139. The highest BCUT2D eigenvalue weighted by Crippen LogP contribution is 2.15. The van der Waals surface area contributed by atoms with Crippen molar-refractivity contribution in [1.29, 1.82) is 0 Å². The van der Waals surface area contributed by atoms with Gasteiger partial charge in [-0.05, 0) is 48.4 Å². The molecular formula is C22H34O3. The molecule has 140 valence electrons. The topological polar surface area (TPSA) is 35.5 Å². The van der Waals surface area contributed by atoms with E-state index in [1.54, 1.807) is 6.08 Å². The molecule has 0 unspecified atom stereocenters. The predicted octanol–water partition coefficient (Wildman–Crippen LogP) is 5.88. The number of ether oxygens (including phenoxy) is 2. The summed E-state index contributed by atoms with van der Waals surface area (Å²) < 4.78 is 11.1. The van der Waals surface area contributed by atoms with E-state index in [2.05, 4.69) is 27.7 Å². The first-order chi connectivity index (χ1) is 12.0. The number of esters is 1. The molecule has 1 aromatic rings. The van der Waals surface area contributed by atoms with Crippen LogP contribution >= 0.6 is 0 Å². The Morgan fingerprint density at radius 3 is 2.44 bits per heavy atom. The fraction of sp³-hybridized carbons (Fsp3) is 0.591. The molecule has 3 nitrogen and oxygen atoms in total. The number of rotatable bonds is 12. The molecule has 0 aliphatic carbocycles. The molecule has 0 radical (unpaired) electrons. The van der Waals surface area contributed by atoms with E-state index >= 15 is 0 Å². The minimum atomic E-state index is -0.271. The van der Waals surface area contributed by atoms with Crippen LogP contribution < -0.4 is 4.74 Å². The van der Waals surface area contributed by atoms with Crippen molar-refractivity contribution in [3.63, 3.8) is 0 Å². The summed E-state index contributed by atoms with van der Waals surface area (Å²) in [5, 5.41) is 0. The van der Waals surface area contributed by atoms with Crippen molar-refractivity contribution >= 4 is 12.0 Å². The number of unbranched alkanes of at least 4 members (excludes halogenated alkanes) is 1. The summed E-state index contributed by atoms with van der Waals surface area (Å²) in [5.41, 5.74) is 0.964. The standard InChI is InChI=1S/C22H34O3/c1-5-7-8-19(6-2)17-25-22(23)14-11-20-9-12-21(13-10-20)24-16-15-18(3)4/h9-14,18-19H,5-8,15-17H2,1-4H3/b14-11-/t19-/m1/s1. The van der Waals surface area contributed by atoms with Crippen molar-refractivity contribution in [2.45, 2.75) is 59.8 Å². The van der Waals surface area contributed by atoms with E-state index in [0.29, 0.717) is 18.4 Å². The van der Waals surface area contributed by atoms with Crippen LogP contribution in [-0.4, -0.2) is 19.2 Å². The number of carbonyl (C=O) groups is 1. The minimum absolute atomic E-state index is 0.271. The fourth-order valence-electron chi connectivity index (χ4n) is 2.40. The number of hydrogen-bond acceptors (Lipinski definition) is 3. The highest BCUT2D eigenvalue weighted by Gasteiger charge is 2.08. The zero-order valence-electron chi connectivity index (χ0n) is 16.3. The van der Waals surface area contributed by atoms with Crippen LogP contribution in [0.4, 0.5) is 0 Å². The molecule has 0 saturated heterocycles. The smallest absolute Gasteiger partial charge is 0.330 e. The molecule has 0 saturated carbocycles. The van der Waals surface area contributed by atoms with Crippen LogP contribution in [0.3, 0.4) is 0 Å². The highest BCUT2D eigenvalue weighted by molar-refractivity contribution is 5.87. The maximum Gasteiger partial charge on any atom is 0.330 e. The molecule has 1 aromatic carbocycles. The van der Waals surface area contributed by atoms with Gasteiger partial charge in [-0.2, -0.15) is 0 Å². The molecule has 0 aliphatic heterocycles. The first-order valence-electron chi connectivity index (χ1n) is 9.62. The summed E-state index contributed by atoms with van der Waals surface area (Å²) in [6, 6.07) is 7.77. The van der Waals surface area contributed by atoms with Crippen LogP contribution in [0.25, 0.3) is 6.08 Å². The van der Waals surface area contributed by atoms with E-state index in [1.807, 2.05) is 24.3 Å². The van der Waals surface area contributed by atoms with Gasteiger partial charge in [0.15, 0.2) is 0 Å². The lowest BCUT2D eigenvalue weighted by Gasteiger charge is -2.13. The molecular weight excluding hydrogens is 312 g/mol. The molecule has 0 aliphatic rings. The maximum absolute atomic E-state index is 11.8. The van der Waals surface area contributed by atoms with Gasteiger partial charge in [-0.1, -0.05) is 59.1 Å². The minimum Gasteiger partial charge on any atom is -0.494 e. The Kier molecular flexibility index (Phi) is 10.7. The predicted molar refractivity (Wildman–Crippen MR) is 105 cm³/mol. The average molecular weight is 347 g/mol. The van der Waals surface area contributed by atoms with Gasteiger partial charge in [0.2, 0.25) is 0 Å². The Morgan fingerprint density at radius 2 is 1.84 bits per heavy atom. The van der Waals surface area contributed by atoms with Gasteiger partial charge in [0.05, 0.1) is 13.2 Å². The summed E-state index contributed by atoms with van der Waals surface area (Å²) in [4.78, 5) is 11.8. The third kappa shape index (κ3) is 9.96. The van der Waals surface area contributed by atoms with Gasteiger partial charge >= 0.3 is 5.97 Å². The third-order valence-electron chi connectivity index (χ3n) is 4.26. The lowest BCUT2D eigenvalue weighted by Crippen LogP contribution is -2.12. The monoisotopic (exact) mass is 346 g/mol. The third-order valence-corrected chi connectivity index (χ3v) is 4.26. The number of carbonyl (C=O) groups excluding carboxylic acids is 1. The average Bonchev–Trinajstić information content (AvgIpc) is 2.61. The number of benzene rings is 1. The van der Waals surface area contributed by atoms with Crippen LogP contribution in [-0.2, 0) is 9.53 Å². The Bertz CT molecular complexity index is 503.